The third kappa shape index (κ3) is 3.60. The summed E-state index contributed by atoms with van der Waals surface area (Å²) in [6, 6.07) is 1.36. The molecule has 0 bridgehead atoms. The normalized spacial score (nSPS) is 16.0. The van der Waals surface area contributed by atoms with Crippen molar-refractivity contribution in [2.75, 3.05) is 6.61 Å². The first-order valence-corrected chi connectivity index (χ1v) is 7.22. The quantitative estimate of drug-likeness (QED) is 0.592. The van der Waals surface area contributed by atoms with Crippen LogP contribution in [0.25, 0.3) is 0 Å². The lowest BCUT2D eigenvalue weighted by Gasteiger charge is -2.21. The molecule has 1 aliphatic rings. The zero-order valence-corrected chi connectivity index (χ0v) is 12.3. The molecule has 2 N–H and O–H groups in total. The number of nitrogens with one attached hydrogen (secondary N) is 1. The molecule has 116 valence electrons. The number of aliphatic hydroxyl groups is 1. The molecule has 1 atom stereocenters. The van der Waals surface area contributed by atoms with E-state index >= 15 is 0 Å². The van der Waals surface area contributed by atoms with Gasteiger partial charge in [0.05, 0.1) is 11.1 Å². The van der Waals surface area contributed by atoms with Crippen molar-refractivity contribution < 1.29 is 14.8 Å². The Kier molecular flexibility index (Phi) is 4.62. The molecule has 0 aromatic carbocycles. The first kappa shape index (κ1) is 15.5. The van der Waals surface area contributed by atoms with E-state index in [0.29, 0.717) is 12.1 Å². The fraction of sp³-hybridized carbons (Fsp3) is 0.643. The minimum atomic E-state index is -0.483. The number of carbonyl (C=O) groups is 1. The number of nitro groups is 1. The summed E-state index contributed by atoms with van der Waals surface area (Å²) in [6.07, 6.45) is 3.78. The number of hydrogen-bond donors (Lipinski definition) is 2. The summed E-state index contributed by atoms with van der Waals surface area (Å²) in [5.41, 5.74) is 0.267. The number of carbonyl (C=O) groups excluding carboxylic acids is 1. The predicted molar refractivity (Wildman–Crippen MR) is 77.2 cm³/mol. The van der Waals surface area contributed by atoms with Crippen molar-refractivity contribution in [1.29, 1.82) is 0 Å². The van der Waals surface area contributed by atoms with Crippen LogP contribution in [0.2, 0.25) is 0 Å². The van der Waals surface area contributed by atoms with E-state index in [-0.39, 0.29) is 36.2 Å². The Morgan fingerprint density at radius 2 is 2.24 bits per heavy atom. The van der Waals surface area contributed by atoms with E-state index in [0.717, 1.165) is 12.8 Å². The van der Waals surface area contributed by atoms with Gasteiger partial charge in [-0.1, -0.05) is 13.8 Å². The molecule has 1 fully saturated rings. The molecule has 7 heteroatoms. The zero-order valence-electron chi connectivity index (χ0n) is 12.3. The molecule has 2 rings (SSSR count). The first-order valence-electron chi connectivity index (χ1n) is 7.22. The van der Waals surface area contributed by atoms with Gasteiger partial charge in [-0.15, -0.1) is 0 Å². The van der Waals surface area contributed by atoms with Gasteiger partial charge < -0.3 is 15.0 Å². The molecule has 7 nitrogen and oxygen atoms in total. The van der Waals surface area contributed by atoms with Gasteiger partial charge in [-0.3, -0.25) is 14.9 Å². The van der Waals surface area contributed by atoms with E-state index in [9.17, 15) is 14.9 Å². The van der Waals surface area contributed by atoms with Gasteiger partial charge in [0.1, 0.15) is 5.69 Å². The Labute approximate surface area is 123 Å². The second-order valence-electron chi connectivity index (χ2n) is 5.82. The number of hydrogen-bond acceptors (Lipinski definition) is 4. The highest BCUT2D eigenvalue weighted by Crippen LogP contribution is 2.37. The number of nitrogens with zero attached hydrogens (tertiary/aromatic N) is 2. The fourth-order valence-electron chi connectivity index (χ4n) is 2.35. The minimum Gasteiger partial charge on any atom is -0.396 e. The van der Waals surface area contributed by atoms with Gasteiger partial charge in [0, 0.05) is 24.8 Å². The fourth-order valence-corrected chi connectivity index (χ4v) is 2.35. The van der Waals surface area contributed by atoms with Crippen LogP contribution in [-0.2, 0) is 0 Å². The maximum atomic E-state index is 12.4. The third-order valence-corrected chi connectivity index (χ3v) is 3.78. The van der Waals surface area contributed by atoms with E-state index in [2.05, 4.69) is 5.32 Å². The van der Waals surface area contributed by atoms with Crippen molar-refractivity contribution in [2.45, 2.75) is 45.2 Å². The number of amides is 1. The molecule has 1 aliphatic carbocycles. The summed E-state index contributed by atoms with van der Waals surface area (Å²) in [5.74, 6) is -0.137. The molecule has 1 heterocycles. The zero-order chi connectivity index (χ0) is 15.6. The summed E-state index contributed by atoms with van der Waals surface area (Å²) in [7, 11) is 0. The molecule has 1 unspecified atom stereocenters. The molecule has 0 spiro atoms. The molecular weight excluding hydrogens is 274 g/mol. The molecule has 1 amide bonds. The Bertz CT molecular complexity index is 534. The van der Waals surface area contributed by atoms with Crippen molar-refractivity contribution in [2.24, 2.45) is 5.92 Å². The highest BCUT2D eigenvalue weighted by atomic mass is 16.6. The van der Waals surface area contributed by atoms with Gasteiger partial charge in [0.25, 0.3) is 11.6 Å². The van der Waals surface area contributed by atoms with Crippen molar-refractivity contribution in [3.05, 3.63) is 28.1 Å². The summed E-state index contributed by atoms with van der Waals surface area (Å²) in [5, 5.41) is 22.8. The Hall–Kier alpha value is -1.89. The summed E-state index contributed by atoms with van der Waals surface area (Å²) in [6.45, 7) is 3.92. The van der Waals surface area contributed by atoms with Gasteiger partial charge in [-0.25, -0.2) is 0 Å². The summed E-state index contributed by atoms with van der Waals surface area (Å²) in [4.78, 5) is 22.8. The van der Waals surface area contributed by atoms with Crippen molar-refractivity contribution in [3.63, 3.8) is 0 Å². The predicted octanol–water partition coefficient (Wildman–Crippen LogP) is 1.87. The van der Waals surface area contributed by atoms with Crippen LogP contribution in [0.1, 0.15) is 49.6 Å². The van der Waals surface area contributed by atoms with E-state index in [1.54, 1.807) is 4.57 Å². The molecule has 1 aromatic rings. The van der Waals surface area contributed by atoms with Crippen LogP contribution >= 0.6 is 0 Å². The van der Waals surface area contributed by atoms with Crippen LogP contribution in [-0.4, -0.2) is 33.2 Å². The van der Waals surface area contributed by atoms with E-state index in [4.69, 9.17) is 5.11 Å². The average Bonchev–Trinajstić information content (AvgIpc) is 3.16. The molecule has 1 aromatic heterocycles. The number of aliphatic hydroxyl groups excluding tert-OH is 1. The van der Waals surface area contributed by atoms with Crippen LogP contribution in [0.15, 0.2) is 12.3 Å². The van der Waals surface area contributed by atoms with Crippen molar-refractivity contribution in [3.8, 4) is 0 Å². The molecule has 0 radical (unpaired) electrons. The molecular formula is C14H21N3O4. The highest BCUT2D eigenvalue weighted by molar-refractivity contribution is 5.93. The van der Waals surface area contributed by atoms with Gasteiger partial charge in [-0.05, 0) is 25.2 Å². The van der Waals surface area contributed by atoms with Crippen LogP contribution in [0.5, 0.6) is 0 Å². The second kappa shape index (κ2) is 6.26. The summed E-state index contributed by atoms with van der Waals surface area (Å²) >= 11 is 0. The number of rotatable bonds is 7. The maximum absolute atomic E-state index is 12.4. The van der Waals surface area contributed by atoms with Gasteiger partial charge in [0.2, 0.25) is 0 Å². The van der Waals surface area contributed by atoms with E-state index in [1.165, 1.54) is 12.3 Å². The topological polar surface area (TPSA) is 97.4 Å². The largest absolute Gasteiger partial charge is 0.396 e. The Morgan fingerprint density at radius 3 is 2.71 bits per heavy atom. The Morgan fingerprint density at radius 1 is 1.57 bits per heavy atom. The molecule has 0 saturated heterocycles. The lowest BCUT2D eigenvalue weighted by molar-refractivity contribution is -0.384. The van der Waals surface area contributed by atoms with Gasteiger partial charge in [-0.2, -0.15) is 0 Å². The highest BCUT2D eigenvalue weighted by Gasteiger charge is 2.31. The third-order valence-electron chi connectivity index (χ3n) is 3.78. The van der Waals surface area contributed by atoms with Crippen molar-refractivity contribution in [1.82, 2.24) is 9.88 Å². The summed E-state index contributed by atoms with van der Waals surface area (Å²) < 4.78 is 1.70. The molecule has 0 aliphatic heterocycles. The van der Waals surface area contributed by atoms with Crippen LogP contribution in [0, 0.1) is 16.0 Å². The van der Waals surface area contributed by atoms with Crippen LogP contribution < -0.4 is 5.32 Å². The van der Waals surface area contributed by atoms with Gasteiger partial charge >= 0.3 is 0 Å². The van der Waals surface area contributed by atoms with Crippen molar-refractivity contribution >= 4 is 11.6 Å². The van der Waals surface area contributed by atoms with E-state index < -0.39 is 4.92 Å². The maximum Gasteiger partial charge on any atom is 0.287 e. The van der Waals surface area contributed by atoms with Crippen LogP contribution in [0.3, 0.4) is 0 Å². The Balaban J connectivity index is 2.19. The second-order valence-corrected chi connectivity index (χ2v) is 5.82. The lowest BCUT2D eigenvalue weighted by atomic mass is 10.0. The van der Waals surface area contributed by atoms with Gasteiger partial charge in [0.15, 0.2) is 0 Å². The smallest absolute Gasteiger partial charge is 0.287 e. The van der Waals surface area contributed by atoms with Crippen LogP contribution in [0.4, 0.5) is 5.69 Å². The number of aromatic nitrogens is 1. The molecule has 1 saturated carbocycles. The monoisotopic (exact) mass is 295 g/mol. The standard InChI is InChI=1S/C14H21N3O4/c1-9(2)12(5-6-18)15-14(19)13-7-11(17(20)21)8-16(13)10-3-4-10/h7-10,12,18H,3-6H2,1-2H3,(H,15,19). The average molecular weight is 295 g/mol. The minimum absolute atomic E-state index is 0.00703. The van der Waals surface area contributed by atoms with E-state index in [1.807, 2.05) is 13.8 Å². The lowest BCUT2D eigenvalue weighted by Crippen LogP contribution is -2.39. The molecule has 21 heavy (non-hydrogen) atoms. The SMILES string of the molecule is CC(C)C(CCO)NC(=O)c1cc([N+](=O)[O-])cn1C1CC1. The first-order chi connectivity index (χ1) is 9.93.